The number of nitrogen functional groups attached to an aromatic ring is 1. The summed E-state index contributed by atoms with van der Waals surface area (Å²) >= 11 is 1.31. The lowest BCUT2D eigenvalue weighted by molar-refractivity contribution is 0.0960. The van der Waals surface area contributed by atoms with Crippen molar-refractivity contribution in [1.29, 1.82) is 0 Å². The van der Waals surface area contributed by atoms with Crippen LogP contribution in [0.2, 0.25) is 0 Å². The molecule has 4 aromatic rings. The maximum atomic E-state index is 12.5. The van der Waals surface area contributed by atoms with Crippen molar-refractivity contribution in [3.05, 3.63) is 83.5 Å². The van der Waals surface area contributed by atoms with Gasteiger partial charge < -0.3 is 10.5 Å². The summed E-state index contributed by atoms with van der Waals surface area (Å²) in [5.41, 5.74) is 11.6. The number of rotatable bonds is 6. The van der Waals surface area contributed by atoms with Crippen molar-refractivity contribution in [2.75, 3.05) is 12.8 Å². The van der Waals surface area contributed by atoms with Gasteiger partial charge in [0.1, 0.15) is 10.6 Å². The van der Waals surface area contributed by atoms with Gasteiger partial charge in [-0.3, -0.25) is 4.79 Å². The second-order valence-corrected chi connectivity index (χ2v) is 7.43. The number of anilines is 1. The molecule has 0 spiro atoms. The molecule has 0 aliphatic carbocycles. The molecule has 0 bridgehead atoms. The van der Waals surface area contributed by atoms with Gasteiger partial charge in [0, 0.05) is 16.6 Å². The molecular formula is C22H19N5O2S. The first kappa shape index (κ1) is 19.4. The van der Waals surface area contributed by atoms with E-state index in [1.54, 1.807) is 30.3 Å². The molecule has 0 atom stereocenters. The fraction of sp³-hybridized carbons (Fsp3) is 0.0455. The zero-order chi connectivity index (χ0) is 20.9. The van der Waals surface area contributed by atoms with Crippen molar-refractivity contribution in [2.24, 2.45) is 5.10 Å². The summed E-state index contributed by atoms with van der Waals surface area (Å²) in [7, 11) is 1.62. The number of nitrogens with two attached hydrogens (primary N) is 1. The van der Waals surface area contributed by atoms with E-state index < -0.39 is 0 Å². The van der Waals surface area contributed by atoms with Gasteiger partial charge in [-0.15, -0.1) is 11.3 Å². The van der Waals surface area contributed by atoms with Crippen LogP contribution >= 0.6 is 11.3 Å². The van der Waals surface area contributed by atoms with E-state index in [0.29, 0.717) is 10.6 Å². The Kier molecular flexibility index (Phi) is 5.58. The molecule has 2 aromatic heterocycles. The number of carbonyl (C=O) groups is 1. The molecule has 150 valence electrons. The van der Waals surface area contributed by atoms with E-state index in [2.05, 4.69) is 15.6 Å². The molecule has 1 amide bonds. The van der Waals surface area contributed by atoms with Crippen LogP contribution < -0.4 is 15.9 Å². The number of para-hydroxylation sites is 1. The number of hydrazone groups is 1. The number of nitrogens with one attached hydrogen (secondary N) is 1. The highest BCUT2D eigenvalue weighted by Gasteiger charge is 2.15. The molecule has 4 rings (SSSR count). The topological polar surface area (TPSA) is 94.5 Å². The van der Waals surface area contributed by atoms with E-state index in [9.17, 15) is 4.79 Å². The molecule has 2 aromatic carbocycles. The predicted octanol–water partition coefficient (Wildman–Crippen LogP) is 3.96. The van der Waals surface area contributed by atoms with Gasteiger partial charge in [-0.2, -0.15) is 10.2 Å². The first-order valence-corrected chi connectivity index (χ1v) is 9.93. The average molecular weight is 417 g/mol. The molecule has 2 heterocycles. The number of amides is 1. The molecule has 30 heavy (non-hydrogen) atoms. The Balaban J connectivity index is 1.43. The summed E-state index contributed by atoms with van der Waals surface area (Å²) in [5.74, 6) is 0.412. The van der Waals surface area contributed by atoms with E-state index >= 15 is 0 Å². The van der Waals surface area contributed by atoms with Crippen LogP contribution in [0.4, 0.5) is 5.69 Å². The number of aromatic nitrogens is 2. The Morgan fingerprint density at radius 3 is 2.70 bits per heavy atom. The molecule has 0 fully saturated rings. The number of thiophene rings is 1. The van der Waals surface area contributed by atoms with Crippen molar-refractivity contribution in [1.82, 2.24) is 15.2 Å². The number of carbonyl (C=O) groups excluding carboxylic acids is 1. The summed E-state index contributed by atoms with van der Waals surface area (Å²) in [4.78, 5) is 13.8. The zero-order valence-corrected chi connectivity index (χ0v) is 17.0. The van der Waals surface area contributed by atoms with Crippen LogP contribution in [0.25, 0.3) is 16.1 Å². The van der Waals surface area contributed by atoms with Gasteiger partial charge in [-0.25, -0.2) is 10.1 Å². The summed E-state index contributed by atoms with van der Waals surface area (Å²) in [5, 5.41) is 8.32. The third kappa shape index (κ3) is 4.23. The van der Waals surface area contributed by atoms with Gasteiger partial charge in [-0.1, -0.05) is 18.2 Å². The van der Waals surface area contributed by atoms with Crippen molar-refractivity contribution in [3.8, 4) is 21.9 Å². The Hall–Kier alpha value is -3.91. The summed E-state index contributed by atoms with van der Waals surface area (Å²) in [6.07, 6.45) is 5.04. The molecule has 0 unspecified atom stereocenters. The zero-order valence-electron chi connectivity index (χ0n) is 16.1. The SMILES string of the molecule is COc1ccc(-c2cc(N)c(C(=O)N/N=C\c3cnn(-c4ccccc4)c3)s2)cc1. The Morgan fingerprint density at radius 1 is 1.20 bits per heavy atom. The van der Waals surface area contributed by atoms with Gasteiger partial charge in [0.2, 0.25) is 0 Å². The summed E-state index contributed by atoms with van der Waals surface area (Å²) in [6.45, 7) is 0. The minimum atomic E-state index is -0.357. The molecule has 8 heteroatoms. The fourth-order valence-electron chi connectivity index (χ4n) is 2.82. The lowest BCUT2D eigenvalue weighted by Gasteiger charge is -2.00. The van der Waals surface area contributed by atoms with E-state index in [1.165, 1.54) is 11.3 Å². The van der Waals surface area contributed by atoms with Crippen LogP contribution in [0.5, 0.6) is 5.75 Å². The van der Waals surface area contributed by atoms with Gasteiger partial charge in [0.25, 0.3) is 5.91 Å². The highest BCUT2D eigenvalue weighted by molar-refractivity contribution is 7.18. The number of ether oxygens (including phenoxy) is 1. The largest absolute Gasteiger partial charge is 0.497 e. The minimum Gasteiger partial charge on any atom is -0.497 e. The molecule has 3 N–H and O–H groups in total. The predicted molar refractivity (Wildman–Crippen MR) is 119 cm³/mol. The van der Waals surface area contributed by atoms with Gasteiger partial charge in [0.05, 0.1) is 30.9 Å². The number of methoxy groups -OCH3 is 1. The Morgan fingerprint density at radius 2 is 1.97 bits per heavy atom. The van der Waals surface area contributed by atoms with Crippen LogP contribution in [0.1, 0.15) is 15.2 Å². The van der Waals surface area contributed by atoms with E-state index in [0.717, 1.165) is 27.4 Å². The van der Waals surface area contributed by atoms with Crippen LogP contribution in [-0.4, -0.2) is 29.0 Å². The smallest absolute Gasteiger partial charge is 0.283 e. The van der Waals surface area contributed by atoms with Crippen molar-refractivity contribution in [2.45, 2.75) is 0 Å². The second-order valence-electron chi connectivity index (χ2n) is 6.38. The lowest BCUT2D eigenvalue weighted by Crippen LogP contribution is -2.17. The van der Waals surface area contributed by atoms with Crippen LogP contribution in [0.3, 0.4) is 0 Å². The van der Waals surface area contributed by atoms with Gasteiger partial charge >= 0.3 is 0 Å². The lowest BCUT2D eigenvalue weighted by atomic mass is 10.2. The third-order valence-corrected chi connectivity index (χ3v) is 5.54. The van der Waals surface area contributed by atoms with Crippen LogP contribution in [-0.2, 0) is 0 Å². The van der Waals surface area contributed by atoms with Crippen molar-refractivity contribution < 1.29 is 9.53 Å². The third-order valence-electron chi connectivity index (χ3n) is 4.34. The van der Waals surface area contributed by atoms with E-state index in [-0.39, 0.29) is 5.91 Å². The van der Waals surface area contributed by atoms with Crippen LogP contribution in [0.15, 0.2) is 78.2 Å². The minimum absolute atomic E-state index is 0.357. The average Bonchev–Trinajstić information content (AvgIpc) is 3.41. The Labute approximate surface area is 177 Å². The maximum Gasteiger partial charge on any atom is 0.283 e. The number of hydrogen-bond acceptors (Lipinski definition) is 6. The highest BCUT2D eigenvalue weighted by atomic mass is 32.1. The quantitative estimate of drug-likeness (QED) is 0.367. The standard InChI is InChI=1S/C22H19N5O2S/c1-29-18-9-7-16(8-10-18)20-11-19(23)21(30-20)22(28)26-24-12-15-13-25-27(14-15)17-5-3-2-4-6-17/h2-14H,23H2,1H3,(H,26,28)/b24-12-. The molecule has 0 aliphatic rings. The number of benzene rings is 2. The molecule has 0 saturated heterocycles. The number of nitrogens with zero attached hydrogens (tertiary/aromatic N) is 3. The monoisotopic (exact) mass is 417 g/mol. The highest BCUT2D eigenvalue weighted by Crippen LogP contribution is 2.33. The molecule has 0 saturated carbocycles. The normalized spacial score (nSPS) is 11.0. The van der Waals surface area contributed by atoms with Crippen LogP contribution in [0, 0.1) is 0 Å². The van der Waals surface area contributed by atoms with E-state index in [1.807, 2.05) is 60.8 Å². The van der Waals surface area contributed by atoms with Crippen molar-refractivity contribution >= 4 is 29.1 Å². The van der Waals surface area contributed by atoms with Gasteiger partial charge in [0.15, 0.2) is 0 Å². The second kappa shape index (κ2) is 8.62. The summed E-state index contributed by atoms with van der Waals surface area (Å²) in [6, 6.07) is 19.1. The molecule has 7 nitrogen and oxygen atoms in total. The maximum absolute atomic E-state index is 12.5. The molecule has 0 radical (unpaired) electrons. The summed E-state index contributed by atoms with van der Waals surface area (Å²) < 4.78 is 6.91. The first-order chi connectivity index (χ1) is 14.6. The molecule has 0 aliphatic heterocycles. The fourth-order valence-corrected chi connectivity index (χ4v) is 3.80. The molecular weight excluding hydrogens is 398 g/mol. The Bertz CT molecular complexity index is 1180. The van der Waals surface area contributed by atoms with Gasteiger partial charge in [-0.05, 0) is 48.0 Å². The first-order valence-electron chi connectivity index (χ1n) is 9.11. The number of hydrogen-bond donors (Lipinski definition) is 2. The van der Waals surface area contributed by atoms with Crippen molar-refractivity contribution in [3.63, 3.8) is 0 Å². The van der Waals surface area contributed by atoms with E-state index in [4.69, 9.17) is 10.5 Å².